The monoisotopic (exact) mass is 1170 g/mol. The molecule has 3 N–H and O–H groups in total. The highest BCUT2D eigenvalue weighted by Gasteiger charge is 2.28. The zero-order valence-corrected chi connectivity index (χ0v) is 48.8. The van der Waals surface area contributed by atoms with Crippen LogP contribution in [0.1, 0.15) is 103 Å². The second-order valence-electron chi connectivity index (χ2n) is 19.4. The fraction of sp³-hybridized carbons (Fsp3) is 0.509. The molecule has 3 heterocycles. The van der Waals surface area contributed by atoms with E-state index in [0.29, 0.717) is 44.3 Å². The lowest BCUT2D eigenvalue weighted by Crippen LogP contribution is -2.51. The van der Waals surface area contributed by atoms with Crippen LogP contribution in [0, 0.1) is 11.8 Å². The molecule has 0 saturated carbocycles. The molecule has 73 heavy (non-hydrogen) atoms. The van der Waals surface area contributed by atoms with E-state index in [0.717, 1.165) is 57.5 Å². The van der Waals surface area contributed by atoms with E-state index in [4.69, 9.17) is 9.84 Å². The predicted octanol–water partition coefficient (Wildman–Crippen LogP) is 9.43. The molecule has 2 aromatic carbocycles. The van der Waals surface area contributed by atoms with Crippen molar-refractivity contribution in [2.24, 2.45) is 11.8 Å². The topological polar surface area (TPSA) is 190 Å². The van der Waals surface area contributed by atoms with Crippen LogP contribution in [0.5, 0.6) is 0 Å². The molecule has 2 unspecified atom stereocenters. The third-order valence-corrected chi connectivity index (χ3v) is 14.7. The molecule has 0 fully saturated rings. The summed E-state index contributed by atoms with van der Waals surface area (Å²) in [6, 6.07) is 18.1. The third kappa shape index (κ3) is 23.5. The number of carboxylic acids is 1. The number of nitrogens with zero attached hydrogens (tertiary/aromatic N) is 7. The summed E-state index contributed by atoms with van der Waals surface area (Å²) in [5.41, 5.74) is 5.70. The van der Waals surface area contributed by atoms with Crippen LogP contribution in [0.3, 0.4) is 0 Å². The molecule has 0 radical (unpaired) electrons. The van der Waals surface area contributed by atoms with E-state index in [2.05, 4.69) is 77.5 Å². The van der Waals surface area contributed by atoms with Crippen LogP contribution in [0.25, 0.3) is 0 Å². The molecule has 0 aliphatic carbocycles. The van der Waals surface area contributed by atoms with Gasteiger partial charge in [-0.05, 0) is 76.8 Å². The van der Waals surface area contributed by atoms with Gasteiger partial charge in [0.1, 0.15) is 18.7 Å². The third-order valence-electron chi connectivity index (χ3n) is 11.5. The van der Waals surface area contributed by atoms with Gasteiger partial charge in [-0.2, -0.15) is 0 Å². The molecule has 0 spiro atoms. The van der Waals surface area contributed by atoms with Crippen molar-refractivity contribution < 1.29 is 33.8 Å². The van der Waals surface area contributed by atoms with Crippen molar-refractivity contribution in [3.8, 4) is 0 Å². The van der Waals surface area contributed by atoms with E-state index in [9.17, 15) is 24.0 Å². The molecule has 16 nitrogen and oxygen atoms in total. The number of nitrogens with one attached hydrogen (secondary N) is 2. The van der Waals surface area contributed by atoms with Crippen LogP contribution in [-0.4, -0.2) is 137 Å². The number of hydrogen-bond donors (Lipinski definition) is 3. The zero-order chi connectivity index (χ0) is 52.7. The molecule has 0 bridgehead atoms. The Morgan fingerprint density at radius 2 is 1.10 bits per heavy atom. The molecule has 0 aliphatic heterocycles. The number of thiazole rings is 3. The summed E-state index contributed by atoms with van der Waals surface area (Å²) in [5, 5.41) is 20.7. The lowest BCUT2D eigenvalue weighted by molar-refractivity contribution is -0.146. The standard InChI is InChI=1S/C39H51N5O4S2.C14H24N4O3S.HI/c1-28(2)38-41-33(26-49-38)23-44(5)39(47)42-35(24-43(3)4)36(45)20-31(18-29-12-8-6-9-13-29)16-17-32(19-30-14-10-7-11-15-30)21-37(46)48-25-34-22-40-27-50-34;1-9(2)12-15-10(8-22-12)6-18(5)14(21)16-11(13(19)20)7-17(3)4;/h6-15,22,26-28,31-32,35H,16-21,23-25H2,1-5H3,(H,42,47);8-9,11H,6-7H2,1-5H3,(H,16,21)(H,19,20);1H/t31-,32-,35?;;/m1../s1. The van der Waals surface area contributed by atoms with Crippen molar-refractivity contribution in [1.29, 1.82) is 0 Å². The van der Waals surface area contributed by atoms with E-state index >= 15 is 0 Å². The summed E-state index contributed by atoms with van der Waals surface area (Å²) >= 11 is 4.63. The van der Waals surface area contributed by atoms with Crippen molar-refractivity contribution in [2.75, 3.05) is 55.4 Å². The van der Waals surface area contributed by atoms with Gasteiger partial charge in [0, 0.05) is 68.8 Å². The number of Topliss-reactive ketones (excluding diaryl/α,β-unsaturated/α-hetero) is 1. The SMILES string of the molecule is CC(C)c1nc(CN(C)C(=O)NC(CN(C)C)C(=O)C[C@H](CC[C@@H](CC(=O)OCc2cncs2)Cc2ccccc2)Cc2ccccc2)cs1.CC(C)c1nc(CN(C)C(=O)NC(CN(C)C)C(=O)O)cs1.I. The number of amides is 4. The summed E-state index contributed by atoms with van der Waals surface area (Å²) in [6.45, 7) is 9.91. The lowest BCUT2D eigenvalue weighted by atomic mass is 9.83. The van der Waals surface area contributed by atoms with E-state index in [-0.39, 0.29) is 66.7 Å². The molecule has 0 aliphatic rings. The minimum absolute atomic E-state index is 0. The number of ether oxygens (including phenoxy) is 1. The smallest absolute Gasteiger partial charge is 0.327 e. The van der Waals surface area contributed by atoms with Crippen LogP contribution in [-0.2, 0) is 51.7 Å². The number of hydrogen-bond acceptors (Lipinski definition) is 14. The van der Waals surface area contributed by atoms with Crippen molar-refractivity contribution in [3.05, 3.63) is 121 Å². The second-order valence-corrected chi connectivity index (χ2v) is 22.2. The Balaban J connectivity index is 0.000000513. The lowest BCUT2D eigenvalue weighted by Gasteiger charge is -2.27. The van der Waals surface area contributed by atoms with Gasteiger partial charge in [0.25, 0.3) is 0 Å². The van der Waals surface area contributed by atoms with Crippen LogP contribution >= 0.6 is 58.0 Å². The number of rotatable bonds is 27. The summed E-state index contributed by atoms with van der Waals surface area (Å²) < 4.78 is 5.62. The molecule has 400 valence electrons. The van der Waals surface area contributed by atoms with E-state index in [1.807, 2.05) is 66.2 Å². The number of aliphatic carboxylic acids is 1. The maximum atomic E-state index is 14.0. The average molecular weight is 1170 g/mol. The fourth-order valence-electron chi connectivity index (χ4n) is 7.72. The minimum Gasteiger partial charge on any atom is -0.480 e. The Morgan fingerprint density at radius 3 is 1.51 bits per heavy atom. The first kappa shape index (κ1) is 62.4. The molecule has 20 heteroatoms. The van der Waals surface area contributed by atoms with Crippen LogP contribution in [0.2, 0.25) is 0 Å². The first-order valence-corrected chi connectivity index (χ1v) is 27.0. The van der Waals surface area contributed by atoms with Crippen molar-refractivity contribution in [1.82, 2.24) is 45.2 Å². The van der Waals surface area contributed by atoms with E-state index < -0.39 is 24.1 Å². The number of carbonyl (C=O) groups is 5. The number of carboxylic acid groups (broad SMARTS) is 1. The molecular formula is C53H76IN9O7S3. The highest BCUT2D eigenvalue weighted by Crippen LogP contribution is 2.27. The van der Waals surface area contributed by atoms with Gasteiger partial charge in [-0.25, -0.2) is 24.4 Å². The molecule has 4 amide bonds. The Bertz CT molecular complexity index is 2400. The van der Waals surface area contributed by atoms with E-state index in [1.165, 1.54) is 21.8 Å². The highest BCUT2D eigenvalue weighted by atomic mass is 127. The maximum Gasteiger partial charge on any atom is 0.327 e. The molecule has 0 saturated heterocycles. The van der Waals surface area contributed by atoms with Gasteiger partial charge in [-0.3, -0.25) is 14.6 Å². The summed E-state index contributed by atoms with van der Waals surface area (Å²) in [7, 11) is 10.7. The summed E-state index contributed by atoms with van der Waals surface area (Å²) in [4.78, 5) is 84.4. The molecule has 5 aromatic rings. The summed E-state index contributed by atoms with van der Waals surface area (Å²) in [5.74, 6) is -0.518. The van der Waals surface area contributed by atoms with E-state index in [1.54, 1.807) is 72.4 Å². The van der Waals surface area contributed by atoms with Gasteiger partial charge in [-0.15, -0.1) is 58.0 Å². The van der Waals surface area contributed by atoms with Gasteiger partial charge in [0.05, 0.1) is 44.9 Å². The summed E-state index contributed by atoms with van der Waals surface area (Å²) in [6.07, 6.45) is 5.31. The number of urea groups is 2. The first-order chi connectivity index (χ1) is 34.3. The van der Waals surface area contributed by atoms with Crippen LogP contribution in [0.4, 0.5) is 9.59 Å². The Hall–Kier alpha value is -4.87. The Morgan fingerprint density at radius 1 is 0.644 bits per heavy atom. The highest BCUT2D eigenvalue weighted by molar-refractivity contribution is 14.0. The molecule has 5 rings (SSSR count). The average Bonchev–Trinajstić information content (AvgIpc) is 4.14. The first-order valence-electron chi connectivity index (χ1n) is 24.3. The van der Waals surface area contributed by atoms with Gasteiger partial charge < -0.3 is 40.1 Å². The number of benzene rings is 2. The minimum atomic E-state index is -1.05. The largest absolute Gasteiger partial charge is 0.480 e. The normalized spacial score (nSPS) is 12.8. The number of likely N-dealkylation sites (N-methyl/N-ethyl adjacent to an activating group) is 2. The molecular weight excluding hydrogens is 1100 g/mol. The van der Waals surface area contributed by atoms with Crippen molar-refractivity contribution >= 4 is 87.8 Å². The van der Waals surface area contributed by atoms with Crippen molar-refractivity contribution in [2.45, 2.75) is 110 Å². The number of halogens is 1. The Kier molecular flexibility index (Phi) is 27.7. The van der Waals surface area contributed by atoms with Gasteiger partial charge in [0.15, 0.2) is 5.78 Å². The maximum absolute atomic E-state index is 14.0. The molecule has 3 aromatic heterocycles. The number of aromatic nitrogens is 3. The van der Waals surface area contributed by atoms with Gasteiger partial charge in [0.2, 0.25) is 0 Å². The quantitative estimate of drug-likeness (QED) is 0.0334. The zero-order valence-electron chi connectivity index (χ0n) is 44.0. The number of carbonyl (C=O) groups excluding carboxylic acids is 4. The van der Waals surface area contributed by atoms with Gasteiger partial charge >= 0.3 is 24.0 Å². The van der Waals surface area contributed by atoms with Crippen LogP contribution in [0.15, 0.2) is 83.1 Å². The fourth-order valence-corrected chi connectivity index (χ4v) is 9.88. The second kappa shape index (κ2) is 32.4. The number of esters is 1. The van der Waals surface area contributed by atoms with Gasteiger partial charge in [-0.1, -0.05) is 88.4 Å². The predicted molar refractivity (Wildman–Crippen MR) is 303 cm³/mol. The Labute approximate surface area is 461 Å². The number of ketones is 1. The molecule has 4 atom stereocenters. The van der Waals surface area contributed by atoms with Crippen molar-refractivity contribution in [3.63, 3.8) is 0 Å². The van der Waals surface area contributed by atoms with Crippen LogP contribution < -0.4 is 10.6 Å².